The standard InChI is InChI=1S/C9H7N.C4H7NO/c1-2-6-9-8(4-1)5-3-7-10-9;1-4-5-2-3-6-4/h1-7H;2-3H2,1H3. The first-order chi connectivity index (χ1) is 7.86. The average Bonchev–Trinajstić information content (AvgIpc) is 2.81. The van der Waals surface area contributed by atoms with Crippen molar-refractivity contribution < 1.29 is 4.74 Å². The summed E-state index contributed by atoms with van der Waals surface area (Å²) in [5, 5.41) is 1.20. The van der Waals surface area contributed by atoms with E-state index in [9.17, 15) is 0 Å². The molecule has 2 heterocycles. The number of benzene rings is 1. The number of pyridine rings is 1. The zero-order valence-electron chi connectivity index (χ0n) is 9.26. The topological polar surface area (TPSA) is 34.5 Å². The smallest absolute Gasteiger partial charge is 0.180 e. The van der Waals surface area contributed by atoms with Crippen LogP contribution >= 0.6 is 0 Å². The molecule has 1 aromatic heterocycles. The lowest BCUT2D eigenvalue weighted by molar-refractivity contribution is 0.345. The molecule has 2 aromatic rings. The molecule has 3 nitrogen and oxygen atoms in total. The van der Waals surface area contributed by atoms with Crippen molar-refractivity contribution in [2.45, 2.75) is 6.92 Å². The minimum Gasteiger partial charge on any atom is -0.479 e. The minimum absolute atomic E-state index is 0.784. The molecule has 1 aromatic carbocycles. The van der Waals surface area contributed by atoms with E-state index in [0.717, 1.165) is 24.6 Å². The lowest BCUT2D eigenvalue weighted by atomic mass is 10.2. The molecule has 0 unspecified atom stereocenters. The van der Waals surface area contributed by atoms with Gasteiger partial charge >= 0.3 is 0 Å². The number of fused-ring (bicyclic) bond motifs is 1. The largest absolute Gasteiger partial charge is 0.479 e. The van der Waals surface area contributed by atoms with E-state index < -0.39 is 0 Å². The first kappa shape index (κ1) is 10.6. The Bertz CT molecular complexity index is 429. The molecule has 0 amide bonds. The van der Waals surface area contributed by atoms with Crippen molar-refractivity contribution in [3.05, 3.63) is 42.6 Å². The number of aromatic nitrogens is 1. The van der Waals surface area contributed by atoms with Crippen molar-refractivity contribution in [2.24, 2.45) is 4.99 Å². The van der Waals surface area contributed by atoms with Gasteiger partial charge in [0.05, 0.1) is 12.1 Å². The van der Waals surface area contributed by atoms with Gasteiger partial charge in [0.15, 0.2) is 5.90 Å². The minimum atomic E-state index is 0.784. The molecule has 1 aliphatic heterocycles. The predicted octanol–water partition coefficient (Wildman–Crippen LogP) is 2.67. The highest BCUT2D eigenvalue weighted by Crippen LogP contribution is 2.07. The molecule has 0 saturated carbocycles. The van der Waals surface area contributed by atoms with E-state index in [2.05, 4.69) is 22.1 Å². The number of hydrogen-bond donors (Lipinski definition) is 0. The van der Waals surface area contributed by atoms with Gasteiger partial charge < -0.3 is 4.74 Å². The van der Waals surface area contributed by atoms with Crippen molar-refractivity contribution in [3.63, 3.8) is 0 Å². The van der Waals surface area contributed by atoms with Crippen LogP contribution in [0.25, 0.3) is 10.9 Å². The van der Waals surface area contributed by atoms with Crippen LogP contribution in [0.2, 0.25) is 0 Å². The summed E-state index contributed by atoms with van der Waals surface area (Å²) in [6.45, 7) is 3.50. The van der Waals surface area contributed by atoms with Gasteiger partial charge in [-0.15, -0.1) is 0 Å². The van der Waals surface area contributed by atoms with Gasteiger partial charge in [-0.1, -0.05) is 24.3 Å². The second-order valence-corrected chi connectivity index (χ2v) is 3.45. The fourth-order valence-electron chi connectivity index (χ4n) is 1.46. The van der Waals surface area contributed by atoms with Crippen molar-refractivity contribution in [1.82, 2.24) is 4.98 Å². The van der Waals surface area contributed by atoms with Gasteiger partial charge in [-0.3, -0.25) is 9.98 Å². The Labute approximate surface area is 94.8 Å². The van der Waals surface area contributed by atoms with Gasteiger partial charge in [0.1, 0.15) is 6.61 Å². The summed E-state index contributed by atoms with van der Waals surface area (Å²) in [4.78, 5) is 8.11. The summed E-state index contributed by atoms with van der Waals surface area (Å²) in [6.07, 6.45) is 1.81. The zero-order chi connectivity index (χ0) is 11.2. The quantitative estimate of drug-likeness (QED) is 0.675. The predicted molar refractivity (Wildman–Crippen MR) is 65.7 cm³/mol. The molecule has 0 bridgehead atoms. The fourth-order valence-corrected chi connectivity index (χ4v) is 1.46. The monoisotopic (exact) mass is 214 g/mol. The summed E-state index contributed by atoms with van der Waals surface area (Å²) in [6, 6.07) is 12.1. The first-order valence-corrected chi connectivity index (χ1v) is 5.30. The molecular formula is C13H14N2O. The van der Waals surface area contributed by atoms with Gasteiger partial charge in [-0.2, -0.15) is 0 Å². The van der Waals surface area contributed by atoms with Crippen molar-refractivity contribution in [2.75, 3.05) is 13.2 Å². The SMILES string of the molecule is CC1=NCCO1.c1ccc2ncccc2c1. The molecule has 82 valence electrons. The third-order valence-electron chi connectivity index (χ3n) is 2.25. The molecular weight excluding hydrogens is 200 g/mol. The lowest BCUT2D eigenvalue weighted by Crippen LogP contribution is -1.89. The molecule has 16 heavy (non-hydrogen) atoms. The molecule has 3 rings (SSSR count). The van der Waals surface area contributed by atoms with Gasteiger partial charge in [-0.25, -0.2) is 0 Å². The molecule has 1 aliphatic rings. The van der Waals surface area contributed by atoms with E-state index in [0.29, 0.717) is 0 Å². The van der Waals surface area contributed by atoms with E-state index >= 15 is 0 Å². The number of ether oxygens (including phenoxy) is 1. The van der Waals surface area contributed by atoms with Gasteiger partial charge in [0, 0.05) is 18.5 Å². The highest BCUT2D eigenvalue weighted by Gasteiger charge is 1.96. The summed E-state index contributed by atoms with van der Waals surface area (Å²) < 4.78 is 4.90. The van der Waals surface area contributed by atoms with E-state index in [4.69, 9.17) is 4.74 Å². The van der Waals surface area contributed by atoms with Crippen LogP contribution in [-0.4, -0.2) is 24.0 Å². The summed E-state index contributed by atoms with van der Waals surface area (Å²) >= 11 is 0. The third kappa shape index (κ3) is 2.79. The number of aliphatic imine (C=N–C) groups is 1. The molecule has 3 heteroatoms. The lowest BCUT2D eigenvalue weighted by Gasteiger charge is -1.91. The van der Waals surface area contributed by atoms with Crippen LogP contribution < -0.4 is 0 Å². The molecule has 0 spiro atoms. The highest BCUT2D eigenvalue weighted by molar-refractivity contribution is 5.77. The van der Waals surface area contributed by atoms with Gasteiger partial charge in [0.2, 0.25) is 0 Å². The van der Waals surface area contributed by atoms with E-state index in [1.54, 1.807) is 0 Å². The van der Waals surface area contributed by atoms with Crippen molar-refractivity contribution >= 4 is 16.8 Å². The molecule has 0 aliphatic carbocycles. The molecule has 0 atom stereocenters. The van der Waals surface area contributed by atoms with Crippen molar-refractivity contribution in [3.8, 4) is 0 Å². The second kappa shape index (κ2) is 5.26. The van der Waals surface area contributed by atoms with Crippen LogP contribution in [0.5, 0.6) is 0 Å². The van der Waals surface area contributed by atoms with Crippen molar-refractivity contribution in [1.29, 1.82) is 0 Å². The molecule has 0 N–H and O–H groups in total. The van der Waals surface area contributed by atoms with Gasteiger partial charge in [0.25, 0.3) is 0 Å². The fraction of sp³-hybridized carbons (Fsp3) is 0.231. The zero-order valence-corrected chi connectivity index (χ0v) is 9.26. The molecule has 0 fully saturated rings. The normalized spacial score (nSPS) is 13.7. The molecule has 0 radical (unpaired) electrons. The van der Waals surface area contributed by atoms with Crippen LogP contribution in [0.1, 0.15) is 6.92 Å². The third-order valence-corrected chi connectivity index (χ3v) is 2.25. The first-order valence-electron chi connectivity index (χ1n) is 5.30. The summed E-state index contributed by atoms with van der Waals surface area (Å²) in [5.74, 6) is 0.829. The Morgan fingerprint density at radius 1 is 1.12 bits per heavy atom. The summed E-state index contributed by atoms with van der Waals surface area (Å²) in [5.41, 5.74) is 1.06. The Kier molecular flexibility index (Phi) is 3.49. The average molecular weight is 214 g/mol. The summed E-state index contributed by atoms with van der Waals surface area (Å²) in [7, 11) is 0. The maximum absolute atomic E-state index is 4.90. The Morgan fingerprint density at radius 2 is 1.94 bits per heavy atom. The Hall–Kier alpha value is -1.90. The van der Waals surface area contributed by atoms with Crippen LogP contribution in [0.15, 0.2) is 47.6 Å². The van der Waals surface area contributed by atoms with E-state index in [1.807, 2.05) is 37.4 Å². The van der Waals surface area contributed by atoms with Crippen LogP contribution in [0.3, 0.4) is 0 Å². The Morgan fingerprint density at radius 3 is 2.56 bits per heavy atom. The van der Waals surface area contributed by atoms with E-state index in [-0.39, 0.29) is 0 Å². The number of nitrogens with zero attached hydrogens (tertiary/aromatic N) is 2. The number of rotatable bonds is 0. The van der Waals surface area contributed by atoms with Crippen LogP contribution in [0, 0.1) is 0 Å². The molecule has 0 saturated heterocycles. The second-order valence-electron chi connectivity index (χ2n) is 3.45. The highest BCUT2D eigenvalue weighted by atomic mass is 16.5. The van der Waals surface area contributed by atoms with Crippen LogP contribution in [-0.2, 0) is 4.74 Å². The van der Waals surface area contributed by atoms with Gasteiger partial charge in [-0.05, 0) is 12.1 Å². The number of para-hydroxylation sites is 1. The Balaban J connectivity index is 0.000000138. The number of hydrogen-bond acceptors (Lipinski definition) is 3. The van der Waals surface area contributed by atoms with Crippen LogP contribution in [0.4, 0.5) is 0 Å². The maximum atomic E-state index is 4.90. The van der Waals surface area contributed by atoms with E-state index in [1.165, 1.54) is 5.39 Å². The maximum Gasteiger partial charge on any atom is 0.180 e.